The molecule has 7 heteroatoms. The summed E-state index contributed by atoms with van der Waals surface area (Å²) >= 11 is 5.82. The van der Waals surface area contributed by atoms with Crippen molar-refractivity contribution in [1.82, 2.24) is 5.32 Å². The first-order valence-corrected chi connectivity index (χ1v) is 9.58. The molecule has 0 amide bonds. The Balaban J connectivity index is 1.86. The Morgan fingerprint density at radius 2 is 1.87 bits per heavy atom. The molecule has 4 atom stereocenters. The number of carbonyl (C=O) groups is 2. The van der Waals surface area contributed by atoms with Crippen molar-refractivity contribution < 1.29 is 18.0 Å². The highest BCUT2D eigenvalue weighted by Gasteiger charge is 2.42. The van der Waals surface area contributed by atoms with Crippen molar-refractivity contribution in [3.05, 3.63) is 29.3 Å². The molecule has 3 rings (SSSR count). The van der Waals surface area contributed by atoms with Gasteiger partial charge in [-0.1, -0.05) is 11.6 Å². The number of Topliss-reactive ketones (excluding diaryl/α,β-unsaturated/α-hetero) is 1. The van der Waals surface area contributed by atoms with E-state index in [1.807, 2.05) is 0 Å². The average molecular weight is 356 g/mol. The second-order valence-corrected chi connectivity index (χ2v) is 8.90. The Hall–Kier alpha value is -1.24. The third-order valence-electron chi connectivity index (χ3n) is 4.78. The molecule has 2 heterocycles. The van der Waals surface area contributed by atoms with Crippen LogP contribution in [0.1, 0.15) is 25.7 Å². The van der Waals surface area contributed by atoms with Crippen LogP contribution in [0, 0.1) is 5.92 Å². The fourth-order valence-electron chi connectivity index (χ4n) is 3.55. The summed E-state index contributed by atoms with van der Waals surface area (Å²) in [6.07, 6.45) is 2.23. The van der Waals surface area contributed by atoms with Gasteiger partial charge in [0.1, 0.15) is 12.1 Å². The first-order valence-electron chi connectivity index (χ1n) is 7.65. The van der Waals surface area contributed by atoms with Gasteiger partial charge in [-0.25, -0.2) is 8.42 Å². The monoisotopic (exact) mass is 355 g/mol. The van der Waals surface area contributed by atoms with Gasteiger partial charge in [-0.05, 0) is 43.5 Å². The van der Waals surface area contributed by atoms with Gasteiger partial charge in [-0.15, -0.1) is 0 Å². The second kappa shape index (κ2) is 6.34. The van der Waals surface area contributed by atoms with Gasteiger partial charge in [0.25, 0.3) is 0 Å². The van der Waals surface area contributed by atoms with E-state index in [2.05, 4.69) is 5.32 Å². The van der Waals surface area contributed by atoms with E-state index in [9.17, 15) is 18.0 Å². The number of nitrogens with one attached hydrogen (secondary N) is 1. The fraction of sp³-hybridized carbons (Fsp3) is 0.500. The number of rotatable bonds is 3. The van der Waals surface area contributed by atoms with Gasteiger partial charge >= 0.3 is 0 Å². The third-order valence-corrected chi connectivity index (χ3v) is 7.26. The van der Waals surface area contributed by atoms with E-state index in [4.69, 9.17) is 11.6 Å². The summed E-state index contributed by atoms with van der Waals surface area (Å²) in [5.41, 5.74) is 0. The van der Waals surface area contributed by atoms with Gasteiger partial charge in [0.05, 0.1) is 16.1 Å². The van der Waals surface area contributed by atoms with Gasteiger partial charge in [-0.2, -0.15) is 0 Å². The molecule has 2 bridgehead atoms. The lowest BCUT2D eigenvalue weighted by Gasteiger charge is -2.31. The molecule has 23 heavy (non-hydrogen) atoms. The standard InChI is InChI=1S/C16H18ClNO4S/c17-10-1-3-12(4-2-10)23(21,22)13-5-6-15-14(9-19)16(20)8-11(7-13)18-15/h1-4,9,11,13-15,18H,5-8H2. The zero-order chi connectivity index (χ0) is 16.6. The molecule has 0 spiro atoms. The minimum Gasteiger partial charge on any atom is -0.310 e. The van der Waals surface area contributed by atoms with E-state index in [1.165, 1.54) is 12.1 Å². The number of ketones is 1. The van der Waals surface area contributed by atoms with Crippen LogP contribution in [0.2, 0.25) is 5.02 Å². The minimum atomic E-state index is -3.48. The predicted molar refractivity (Wildman–Crippen MR) is 86.2 cm³/mol. The zero-order valence-corrected chi connectivity index (χ0v) is 14.0. The van der Waals surface area contributed by atoms with Crippen LogP contribution in [0.25, 0.3) is 0 Å². The SMILES string of the molecule is O=CC1C(=O)CC2CC(S(=O)(=O)c3ccc(Cl)cc3)CCC1N2. The number of hydrogen-bond donors (Lipinski definition) is 1. The molecule has 0 saturated carbocycles. The summed E-state index contributed by atoms with van der Waals surface area (Å²) in [5, 5.41) is 3.21. The fourth-order valence-corrected chi connectivity index (χ4v) is 5.51. The Morgan fingerprint density at radius 1 is 1.17 bits per heavy atom. The van der Waals surface area contributed by atoms with Crippen molar-refractivity contribution in [3.63, 3.8) is 0 Å². The largest absolute Gasteiger partial charge is 0.310 e. The Labute approximate surface area is 140 Å². The van der Waals surface area contributed by atoms with Gasteiger partial charge in [0, 0.05) is 23.5 Å². The number of benzene rings is 1. The number of carbonyl (C=O) groups excluding carboxylic acids is 2. The molecule has 2 saturated heterocycles. The molecule has 2 aliphatic rings. The smallest absolute Gasteiger partial charge is 0.181 e. The van der Waals surface area contributed by atoms with Crippen molar-refractivity contribution in [2.24, 2.45) is 5.92 Å². The number of halogens is 1. The minimum absolute atomic E-state index is 0.0849. The van der Waals surface area contributed by atoms with Crippen LogP contribution < -0.4 is 5.32 Å². The summed E-state index contributed by atoms with van der Waals surface area (Å²) < 4.78 is 25.7. The van der Waals surface area contributed by atoms with Crippen molar-refractivity contribution in [1.29, 1.82) is 0 Å². The summed E-state index contributed by atoms with van der Waals surface area (Å²) in [6.45, 7) is 0. The van der Waals surface area contributed by atoms with E-state index in [0.717, 1.165) is 0 Å². The van der Waals surface area contributed by atoms with Crippen molar-refractivity contribution >= 4 is 33.5 Å². The van der Waals surface area contributed by atoms with Crippen LogP contribution in [0.4, 0.5) is 0 Å². The molecule has 0 radical (unpaired) electrons. The number of piperidine rings is 1. The van der Waals surface area contributed by atoms with E-state index >= 15 is 0 Å². The Morgan fingerprint density at radius 3 is 2.52 bits per heavy atom. The lowest BCUT2D eigenvalue weighted by atomic mass is 9.86. The number of hydrogen-bond acceptors (Lipinski definition) is 5. The maximum Gasteiger partial charge on any atom is 0.181 e. The van der Waals surface area contributed by atoms with Crippen molar-refractivity contribution in [2.45, 2.75) is 47.9 Å². The first kappa shape index (κ1) is 16.6. The number of aldehydes is 1. The maximum absolute atomic E-state index is 12.8. The van der Waals surface area contributed by atoms with Crippen LogP contribution in [0.15, 0.2) is 29.2 Å². The molecule has 1 aromatic carbocycles. The molecular formula is C16H18ClNO4S. The topological polar surface area (TPSA) is 80.3 Å². The highest BCUT2D eigenvalue weighted by Crippen LogP contribution is 2.32. The number of fused-ring (bicyclic) bond motifs is 2. The van der Waals surface area contributed by atoms with E-state index in [1.54, 1.807) is 12.1 Å². The zero-order valence-electron chi connectivity index (χ0n) is 12.4. The molecule has 2 aliphatic heterocycles. The lowest BCUT2D eigenvalue weighted by molar-refractivity contribution is -0.130. The highest BCUT2D eigenvalue weighted by molar-refractivity contribution is 7.92. The normalized spacial score (nSPS) is 31.4. The van der Waals surface area contributed by atoms with Crippen LogP contribution in [0.3, 0.4) is 0 Å². The summed E-state index contributed by atoms with van der Waals surface area (Å²) in [6, 6.07) is 5.73. The van der Waals surface area contributed by atoms with Crippen LogP contribution in [-0.2, 0) is 19.4 Å². The average Bonchev–Trinajstić information content (AvgIpc) is 2.68. The summed E-state index contributed by atoms with van der Waals surface area (Å²) in [7, 11) is -3.48. The van der Waals surface area contributed by atoms with E-state index in [-0.39, 0.29) is 29.2 Å². The molecule has 5 nitrogen and oxygen atoms in total. The highest BCUT2D eigenvalue weighted by atomic mass is 35.5. The predicted octanol–water partition coefficient (Wildman–Crippen LogP) is 1.78. The molecule has 1 aromatic rings. The maximum atomic E-state index is 12.8. The molecular weight excluding hydrogens is 338 g/mol. The summed E-state index contributed by atoms with van der Waals surface area (Å²) in [5.74, 6) is -0.735. The van der Waals surface area contributed by atoms with Crippen LogP contribution in [-0.4, -0.2) is 37.8 Å². The second-order valence-electron chi connectivity index (χ2n) is 6.24. The van der Waals surface area contributed by atoms with Crippen LogP contribution in [0.5, 0.6) is 0 Å². The van der Waals surface area contributed by atoms with Crippen molar-refractivity contribution in [3.8, 4) is 0 Å². The first-order chi connectivity index (χ1) is 10.9. The van der Waals surface area contributed by atoms with Gasteiger partial charge < -0.3 is 10.1 Å². The quantitative estimate of drug-likeness (QED) is 0.660. The molecule has 0 aromatic heterocycles. The molecule has 2 fully saturated rings. The third kappa shape index (κ3) is 3.20. The van der Waals surface area contributed by atoms with Crippen LogP contribution >= 0.6 is 11.6 Å². The molecule has 124 valence electrons. The van der Waals surface area contributed by atoms with E-state index in [0.29, 0.717) is 30.6 Å². The number of sulfone groups is 1. The Bertz CT molecular complexity index is 716. The van der Waals surface area contributed by atoms with Gasteiger partial charge in [-0.3, -0.25) is 4.79 Å². The molecule has 1 N–H and O–H groups in total. The van der Waals surface area contributed by atoms with E-state index < -0.39 is 21.0 Å². The van der Waals surface area contributed by atoms with Gasteiger partial charge in [0.2, 0.25) is 0 Å². The Kier molecular flexibility index (Phi) is 4.58. The molecule has 0 aliphatic carbocycles. The van der Waals surface area contributed by atoms with Gasteiger partial charge in [0.15, 0.2) is 9.84 Å². The summed E-state index contributed by atoms with van der Waals surface area (Å²) in [4.78, 5) is 23.4. The molecule has 4 unspecified atom stereocenters. The lowest BCUT2D eigenvalue weighted by Crippen LogP contribution is -2.51. The van der Waals surface area contributed by atoms with Crippen molar-refractivity contribution in [2.75, 3.05) is 0 Å².